The fraction of sp³-hybridized carbons (Fsp3) is 0.633. The lowest BCUT2D eigenvalue weighted by Crippen LogP contribution is -2.48. The van der Waals surface area contributed by atoms with Gasteiger partial charge in [0, 0.05) is 45.6 Å². The fourth-order valence-electron chi connectivity index (χ4n) is 3.77. The summed E-state index contributed by atoms with van der Waals surface area (Å²) in [6.07, 6.45) is 1.26. The highest BCUT2D eigenvalue weighted by Gasteiger charge is 2.23. The van der Waals surface area contributed by atoms with Crippen LogP contribution < -0.4 is 37.1 Å². The van der Waals surface area contributed by atoms with E-state index in [1.165, 1.54) is 14.0 Å². The fourth-order valence-corrected chi connectivity index (χ4v) is 3.77. The van der Waals surface area contributed by atoms with Gasteiger partial charge < -0.3 is 46.5 Å². The minimum Gasteiger partial charge on any atom is -0.489 e. The molecule has 5 amide bonds. The molecule has 14 heteroatoms. The molecule has 0 spiro atoms. The van der Waals surface area contributed by atoms with Gasteiger partial charge in [0.1, 0.15) is 31.2 Å². The highest BCUT2D eigenvalue weighted by Crippen LogP contribution is 2.18. The van der Waals surface area contributed by atoms with E-state index in [0.717, 1.165) is 0 Å². The Labute approximate surface area is 259 Å². The first-order valence-corrected chi connectivity index (χ1v) is 14.8. The van der Waals surface area contributed by atoms with E-state index in [0.29, 0.717) is 37.1 Å². The molecule has 248 valence electrons. The molecular formula is C30H50N6O8. The molecule has 0 radical (unpaired) electrons. The second kappa shape index (κ2) is 21.0. The van der Waals surface area contributed by atoms with Crippen LogP contribution in [0.3, 0.4) is 0 Å². The molecule has 0 aliphatic heterocycles. The molecule has 0 saturated carbocycles. The predicted molar refractivity (Wildman–Crippen MR) is 165 cm³/mol. The van der Waals surface area contributed by atoms with Gasteiger partial charge in [0.15, 0.2) is 0 Å². The first kappa shape index (κ1) is 38.3. The van der Waals surface area contributed by atoms with Crippen LogP contribution >= 0.6 is 0 Å². The van der Waals surface area contributed by atoms with Crippen LogP contribution in [0.4, 0.5) is 0 Å². The lowest BCUT2D eigenvalue weighted by Gasteiger charge is -2.22. The van der Waals surface area contributed by atoms with Crippen LogP contribution in [0, 0.1) is 5.41 Å². The van der Waals surface area contributed by atoms with Crippen molar-refractivity contribution in [2.75, 3.05) is 53.1 Å². The summed E-state index contributed by atoms with van der Waals surface area (Å²) in [5.74, 6) is -0.839. The Morgan fingerprint density at radius 1 is 0.932 bits per heavy atom. The van der Waals surface area contributed by atoms with Gasteiger partial charge in [-0.3, -0.25) is 24.0 Å². The van der Waals surface area contributed by atoms with Crippen LogP contribution in [-0.4, -0.2) is 94.9 Å². The van der Waals surface area contributed by atoms with Gasteiger partial charge in [-0.25, -0.2) is 0 Å². The predicted octanol–water partition coefficient (Wildman–Crippen LogP) is 0.203. The number of carbonyl (C=O) groups is 5. The zero-order valence-electron chi connectivity index (χ0n) is 26.6. The average Bonchev–Trinajstić information content (AvgIpc) is 2.95. The molecule has 0 saturated heterocycles. The van der Waals surface area contributed by atoms with Gasteiger partial charge in [-0.2, -0.15) is 0 Å². The minimum atomic E-state index is -0.737. The summed E-state index contributed by atoms with van der Waals surface area (Å²) in [5, 5.41) is 13.5. The second-order valence-electron chi connectivity index (χ2n) is 11.4. The normalized spacial score (nSPS) is 12.4. The Balaban J connectivity index is 2.48. The summed E-state index contributed by atoms with van der Waals surface area (Å²) in [7, 11) is 1.52. The average molecular weight is 623 g/mol. The minimum absolute atomic E-state index is 0.0350. The molecule has 0 aromatic heterocycles. The van der Waals surface area contributed by atoms with Crippen molar-refractivity contribution in [3.63, 3.8) is 0 Å². The third kappa shape index (κ3) is 18.7. The van der Waals surface area contributed by atoms with Crippen molar-refractivity contribution in [1.29, 1.82) is 0 Å². The SMILES string of the molecule is CNC(=O)COCCOC(N)COc1cccc(C(=O)NCCNC(=O)C(CCCCNC(C)=O)NC(=O)CC(C)(C)C)c1. The zero-order valence-corrected chi connectivity index (χ0v) is 26.6. The van der Waals surface area contributed by atoms with Crippen molar-refractivity contribution < 1.29 is 38.2 Å². The number of amides is 5. The van der Waals surface area contributed by atoms with Crippen LogP contribution in [0.15, 0.2) is 24.3 Å². The quantitative estimate of drug-likeness (QED) is 0.0819. The molecule has 1 rings (SSSR count). The number of nitrogens with one attached hydrogen (secondary N) is 5. The Morgan fingerprint density at radius 2 is 1.66 bits per heavy atom. The summed E-state index contributed by atoms with van der Waals surface area (Å²) in [6.45, 7) is 8.46. The Morgan fingerprint density at radius 3 is 2.34 bits per heavy atom. The van der Waals surface area contributed by atoms with E-state index in [2.05, 4.69) is 26.6 Å². The maximum absolute atomic E-state index is 12.9. The van der Waals surface area contributed by atoms with E-state index in [1.807, 2.05) is 20.8 Å². The summed E-state index contributed by atoms with van der Waals surface area (Å²) in [5.41, 5.74) is 6.02. The van der Waals surface area contributed by atoms with E-state index in [9.17, 15) is 24.0 Å². The van der Waals surface area contributed by atoms with Gasteiger partial charge >= 0.3 is 0 Å². The first-order chi connectivity index (χ1) is 20.8. The highest BCUT2D eigenvalue weighted by molar-refractivity contribution is 5.94. The molecule has 0 aliphatic rings. The maximum atomic E-state index is 12.9. The van der Waals surface area contributed by atoms with Crippen LogP contribution in [-0.2, 0) is 28.7 Å². The van der Waals surface area contributed by atoms with Crippen molar-refractivity contribution in [2.45, 2.75) is 65.6 Å². The molecule has 1 aromatic rings. The van der Waals surface area contributed by atoms with E-state index >= 15 is 0 Å². The number of carbonyl (C=O) groups excluding carboxylic acids is 5. The van der Waals surface area contributed by atoms with Crippen molar-refractivity contribution in [1.82, 2.24) is 26.6 Å². The first-order valence-electron chi connectivity index (χ1n) is 14.8. The Kier molecular flexibility index (Phi) is 18.3. The Hall–Kier alpha value is -3.75. The topological polar surface area (TPSA) is 199 Å². The standard InChI is InChI=1S/C30H50N6O8/c1-21(37)33-12-7-6-11-24(36-26(38)18-30(2,3)4)29(41)35-14-13-34-28(40)22-9-8-10-23(17-22)44-19-25(31)43-16-15-42-20-27(39)32-5/h8-10,17,24-25H,6-7,11-16,18-20,31H2,1-5H3,(H,32,39)(H,33,37)(H,34,40)(H,35,41)(H,36,38). The third-order valence-corrected chi connectivity index (χ3v) is 5.93. The molecule has 44 heavy (non-hydrogen) atoms. The zero-order chi connectivity index (χ0) is 33.0. The molecular weight excluding hydrogens is 572 g/mol. The van der Waals surface area contributed by atoms with Crippen molar-refractivity contribution in [3.05, 3.63) is 29.8 Å². The number of benzene rings is 1. The van der Waals surface area contributed by atoms with Crippen LogP contribution in [0.1, 0.15) is 63.7 Å². The van der Waals surface area contributed by atoms with Crippen molar-refractivity contribution >= 4 is 29.5 Å². The number of likely N-dealkylation sites (N-methyl/N-ethyl adjacent to an activating group) is 1. The number of ether oxygens (including phenoxy) is 3. The number of unbranched alkanes of at least 4 members (excludes halogenated alkanes) is 1. The molecule has 2 atom stereocenters. The largest absolute Gasteiger partial charge is 0.489 e. The second-order valence-corrected chi connectivity index (χ2v) is 11.4. The molecule has 1 aromatic carbocycles. The van der Waals surface area contributed by atoms with Gasteiger partial charge in [-0.1, -0.05) is 26.8 Å². The van der Waals surface area contributed by atoms with Gasteiger partial charge in [0.05, 0.1) is 13.2 Å². The molecule has 0 heterocycles. The molecule has 0 fully saturated rings. The van der Waals surface area contributed by atoms with Gasteiger partial charge in [0.25, 0.3) is 5.91 Å². The van der Waals surface area contributed by atoms with Crippen molar-refractivity contribution in [3.8, 4) is 5.75 Å². The lowest BCUT2D eigenvalue weighted by molar-refractivity contribution is -0.130. The van der Waals surface area contributed by atoms with Crippen LogP contribution in [0.25, 0.3) is 0 Å². The summed E-state index contributed by atoms with van der Waals surface area (Å²) >= 11 is 0. The number of nitrogens with two attached hydrogens (primary N) is 1. The number of rotatable bonds is 21. The van der Waals surface area contributed by atoms with Crippen LogP contribution in [0.2, 0.25) is 0 Å². The monoisotopic (exact) mass is 622 g/mol. The number of hydrogen-bond acceptors (Lipinski definition) is 9. The summed E-state index contributed by atoms with van der Waals surface area (Å²) in [6, 6.07) is 5.82. The molecule has 14 nitrogen and oxygen atoms in total. The van der Waals surface area contributed by atoms with E-state index in [4.69, 9.17) is 19.9 Å². The van der Waals surface area contributed by atoms with E-state index in [1.54, 1.807) is 24.3 Å². The van der Waals surface area contributed by atoms with Crippen LogP contribution in [0.5, 0.6) is 5.75 Å². The highest BCUT2D eigenvalue weighted by atomic mass is 16.6. The van der Waals surface area contributed by atoms with Gasteiger partial charge in [0.2, 0.25) is 23.6 Å². The molecule has 7 N–H and O–H groups in total. The smallest absolute Gasteiger partial charge is 0.251 e. The summed E-state index contributed by atoms with van der Waals surface area (Å²) in [4.78, 5) is 60.2. The molecule has 0 bridgehead atoms. The molecule has 0 aliphatic carbocycles. The van der Waals surface area contributed by atoms with Gasteiger partial charge in [-0.15, -0.1) is 0 Å². The summed E-state index contributed by atoms with van der Waals surface area (Å²) < 4.78 is 16.2. The third-order valence-electron chi connectivity index (χ3n) is 5.93. The maximum Gasteiger partial charge on any atom is 0.251 e. The number of hydrogen-bond donors (Lipinski definition) is 6. The van der Waals surface area contributed by atoms with E-state index in [-0.39, 0.29) is 80.9 Å². The van der Waals surface area contributed by atoms with Crippen molar-refractivity contribution in [2.24, 2.45) is 11.1 Å². The lowest BCUT2D eigenvalue weighted by atomic mass is 9.91. The molecule has 2 unspecified atom stereocenters. The Bertz CT molecular complexity index is 1060. The van der Waals surface area contributed by atoms with E-state index < -0.39 is 12.3 Å². The van der Waals surface area contributed by atoms with Gasteiger partial charge in [-0.05, 0) is 42.9 Å².